The lowest BCUT2D eigenvalue weighted by molar-refractivity contribution is 0.000411. The van der Waals surface area contributed by atoms with Crippen molar-refractivity contribution < 1.29 is 5.11 Å². The monoisotopic (exact) mass is 307 g/mol. The van der Waals surface area contributed by atoms with Gasteiger partial charge >= 0.3 is 0 Å². The fourth-order valence-electron chi connectivity index (χ4n) is 4.57. The Labute approximate surface area is 138 Å². The van der Waals surface area contributed by atoms with Gasteiger partial charge in [-0.05, 0) is 36.8 Å². The average molecular weight is 307 g/mol. The molecule has 2 bridgehead atoms. The van der Waals surface area contributed by atoms with Gasteiger partial charge in [0.2, 0.25) is 0 Å². The zero-order valence-electron chi connectivity index (χ0n) is 13.4. The van der Waals surface area contributed by atoms with Gasteiger partial charge < -0.3 is 10.4 Å². The summed E-state index contributed by atoms with van der Waals surface area (Å²) in [7, 11) is 0. The van der Waals surface area contributed by atoms with Gasteiger partial charge in [0.05, 0.1) is 6.10 Å². The van der Waals surface area contributed by atoms with E-state index in [0.29, 0.717) is 23.9 Å². The van der Waals surface area contributed by atoms with Crippen LogP contribution in [-0.4, -0.2) is 23.3 Å². The second-order valence-electron chi connectivity index (χ2n) is 7.15. The summed E-state index contributed by atoms with van der Waals surface area (Å²) in [6, 6.07) is 22.2. The summed E-state index contributed by atoms with van der Waals surface area (Å²) in [5.74, 6) is 0.648. The predicted octanol–water partition coefficient (Wildman–Crippen LogP) is 3.20. The first-order valence-corrected chi connectivity index (χ1v) is 8.83. The zero-order chi connectivity index (χ0) is 15.6. The molecule has 0 saturated carbocycles. The zero-order valence-corrected chi connectivity index (χ0v) is 13.4. The smallest absolute Gasteiger partial charge is 0.0632 e. The molecular weight excluding hydrogens is 282 g/mol. The first kappa shape index (κ1) is 14.9. The number of piperidine rings is 1. The van der Waals surface area contributed by atoms with Crippen LogP contribution in [0.5, 0.6) is 0 Å². The van der Waals surface area contributed by atoms with Crippen LogP contribution >= 0.6 is 0 Å². The van der Waals surface area contributed by atoms with Crippen LogP contribution in [0.15, 0.2) is 60.7 Å². The highest BCUT2D eigenvalue weighted by Crippen LogP contribution is 2.38. The van der Waals surface area contributed by atoms with E-state index in [1.54, 1.807) is 0 Å². The van der Waals surface area contributed by atoms with E-state index in [9.17, 15) is 5.11 Å². The SMILES string of the molecule is OC1C(Cc2ccccc2)C2CCC(N2)C1Cc1ccccc1. The average Bonchev–Trinajstić information content (AvgIpc) is 3.04. The van der Waals surface area contributed by atoms with Gasteiger partial charge in [-0.3, -0.25) is 0 Å². The molecule has 2 N–H and O–H groups in total. The van der Waals surface area contributed by atoms with Gasteiger partial charge in [-0.1, -0.05) is 60.7 Å². The topological polar surface area (TPSA) is 32.3 Å². The summed E-state index contributed by atoms with van der Waals surface area (Å²) in [5.41, 5.74) is 2.67. The van der Waals surface area contributed by atoms with E-state index in [1.165, 1.54) is 24.0 Å². The Morgan fingerprint density at radius 2 is 1.17 bits per heavy atom. The van der Waals surface area contributed by atoms with Crippen LogP contribution in [0.1, 0.15) is 24.0 Å². The number of fused-ring (bicyclic) bond motifs is 2. The molecule has 0 amide bonds. The van der Waals surface area contributed by atoms with Crippen LogP contribution in [0, 0.1) is 11.8 Å². The normalized spacial score (nSPS) is 32.8. The van der Waals surface area contributed by atoms with Crippen molar-refractivity contribution in [3.05, 3.63) is 71.8 Å². The summed E-state index contributed by atoms with van der Waals surface area (Å²) < 4.78 is 0. The van der Waals surface area contributed by atoms with E-state index in [0.717, 1.165) is 12.8 Å². The standard InChI is InChI=1S/C21H25NO/c23-21-17(13-15-7-3-1-4-8-15)19-11-12-20(22-19)18(21)14-16-9-5-2-6-10-16/h1-10,17-23H,11-14H2. The van der Waals surface area contributed by atoms with E-state index in [2.05, 4.69) is 66.0 Å². The molecule has 0 aromatic heterocycles. The summed E-state index contributed by atoms with van der Waals surface area (Å²) in [6.45, 7) is 0. The highest BCUT2D eigenvalue weighted by Gasteiger charge is 2.46. The maximum Gasteiger partial charge on any atom is 0.0632 e. The Kier molecular flexibility index (Phi) is 4.19. The van der Waals surface area contributed by atoms with Crippen LogP contribution in [0.2, 0.25) is 0 Å². The number of hydrogen-bond donors (Lipinski definition) is 2. The molecule has 2 aromatic carbocycles. The molecule has 2 fully saturated rings. The van der Waals surface area contributed by atoms with E-state index < -0.39 is 0 Å². The first-order chi connectivity index (χ1) is 11.3. The molecule has 2 aromatic rings. The van der Waals surface area contributed by atoms with Crippen molar-refractivity contribution >= 4 is 0 Å². The largest absolute Gasteiger partial charge is 0.392 e. The number of hydrogen-bond acceptors (Lipinski definition) is 2. The molecule has 2 heterocycles. The van der Waals surface area contributed by atoms with E-state index in [1.807, 2.05) is 0 Å². The molecule has 120 valence electrons. The minimum absolute atomic E-state index is 0.214. The highest BCUT2D eigenvalue weighted by atomic mass is 16.3. The van der Waals surface area contributed by atoms with Crippen molar-refractivity contribution in [3.63, 3.8) is 0 Å². The van der Waals surface area contributed by atoms with E-state index >= 15 is 0 Å². The van der Waals surface area contributed by atoms with Gasteiger partial charge in [-0.25, -0.2) is 0 Å². The van der Waals surface area contributed by atoms with Gasteiger partial charge in [0, 0.05) is 23.9 Å². The summed E-state index contributed by atoms with van der Waals surface area (Å²) in [4.78, 5) is 0. The third-order valence-electron chi connectivity index (χ3n) is 5.76. The molecule has 2 nitrogen and oxygen atoms in total. The van der Waals surface area contributed by atoms with Crippen LogP contribution < -0.4 is 5.32 Å². The van der Waals surface area contributed by atoms with Gasteiger partial charge in [-0.2, -0.15) is 0 Å². The second-order valence-corrected chi connectivity index (χ2v) is 7.15. The molecule has 2 aliphatic rings. The summed E-state index contributed by atoms with van der Waals surface area (Å²) in [5, 5.41) is 14.9. The van der Waals surface area contributed by atoms with Crippen LogP contribution in [-0.2, 0) is 12.8 Å². The number of benzene rings is 2. The van der Waals surface area contributed by atoms with Crippen LogP contribution in [0.25, 0.3) is 0 Å². The van der Waals surface area contributed by atoms with Gasteiger partial charge in [0.15, 0.2) is 0 Å². The van der Waals surface area contributed by atoms with Gasteiger partial charge in [-0.15, -0.1) is 0 Å². The molecular formula is C21H25NO. The van der Waals surface area contributed by atoms with Crippen molar-refractivity contribution in [1.29, 1.82) is 0 Å². The quantitative estimate of drug-likeness (QED) is 0.909. The Morgan fingerprint density at radius 1 is 0.739 bits per heavy atom. The Hall–Kier alpha value is -1.64. The second kappa shape index (κ2) is 6.46. The van der Waals surface area contributed by atoms with E-state index in [4.69, 9.17) is 0 Å². The molecule has 2 saturated heterocycles. The Morgan fingerprint density at radius 3 is 1.61 bits per heavy atom. The minimum atomic E-state index is -0.214. The molecule has 0 spiro atoms. The van der Waals surface area contributed by atoms with Crippen molar-refractivity contribution in [2.24, 2.45) is 11.8 Å². The predicted molar refractivity (Wildman–Crippen MR) is 93.2 cm³/mol. The maximum absolute atomic E-state index is 11.1. The fraction of sp³-hybridized carbons (Fsp3) is 0.429. The lowest BCUT2D eigenvalue weighted by Crippen LogP contribution is -2.55. The van der Waals surface area contributed by atoms with Crippen molar-refractivity contribution in [2.75, 3.05) is 0 Å². The van der Waals surface area contributed by atoms with Gasteiger partial charge in [0.25, 0.3) is 0 Å². The van der Waals surface area contributed by atoms with Crippen LogP contribution in [0.3, 0.4) is 0 Å². The van der Waals surface area contributed by atoms with Crippen molar-refractivity contribution in [1.82, 2.24) is 5.32 Å². The van der Waals surface area contributed by atoms with Crippen molar-refractivity contribution in [2.45, 2.75) is 43.9 Å². The molecule has 2 aliphatic heterocycles. The third-order valence-corrected chi connectivity index (χ3v) is 5.76. The highest BCUT2D eigenvalue weighted by molar-refractivity contribution is 5.20. The number of nitrogens with one attached hydrogen (secondary N) is 1. The molecule has 0 aliphatic carbocycles. The fourth-order valence-corrected chi connectivity index (χ4v) is 4.57. The number of aliphatic hydroxyl groups is 1. The number of aliphatic hydroxyl groups excluding tert-OH is 1. The molecule has 4 atom stereocenters. The third kappa shape index (κ3) is 3.06. The Balaban J connectivity index is 1.53. The molecule has 2 heteroatoms. The Bertz CT molecular complexity index is 571. The molecule has 4 rings (SSSR count). The van der Waals surface area contributed by atoms with Crippen LogP contribution in [0.4, 0.5) is 0 Å². The lowest BCUT2D eigenvalue weighted by Gasteiger charge is -2.41. The lowest BCUT2D eigenvalue weighted by atomic mass is 9.76. The molecule has 23 heavy (non-hydrogen) atoms. The molecule has 4 unspecified atom stereocenters. The van der Waals surface area contributed by atoms with E-state index in [-0.39, 0.29) is 6.10 Å². The first-order valence-electron chi connectivity index (χ1n) is 8.83. The molecule has 0 radical (unpaired) electrons. The maximum atomic E-state index is 11.1. The van der Waals surface area contributed by atoms with Gasteiger partial charge in [0.1, 0.15) is 0 Å². The summed E-state index contributed by atoms with van der Waals surface area (Å²) in [6.07, 6.45) is 4.12. The van der Waals surface area contributed by atoms with Crippen molar-refractivity contribution in [3.8, 4) is 0 Å². The minimum Gasteiger partial charge on any atom is -0.392 e. The summed E-state index contributed by atoms with van der Waals surface area (Å²) >= 11 is 0. The number of rotatable bonds is 4.